The smallest absolute Gasteiger partial charge is 0.326 e. The van der Waals surface area contributed by atoms with Crippen LogP contribution >= 0.6 is 15.9 Å². The lowest BCUT2D eigenvalue weighted by molar-refractivity contribution is -0.146. The molecule has 2 N–H and O–H groups in total. The fourth-order valence-electron chi connectivity index (χ4n) is 2.16. The highest BCUT2D eigenvalue weighted by Gasteiger charge is 2.37. The molecule has 0 bridgehead atoms. The van der Waals surface area contributed by atoms with Gasteiger partial charge in [0.05, 0.1) is 6.10 Å². The van der Waals surface area contributed by atoms with E-state index in [1.54, 1.807) is 6.08 Å². The van der Waals surface area contributed by atoms with Gasteiger partial charge in [-0.05, 0) is 17.7 Å². The molecule has 1 aliphatic heterocycles. The summed E-state index contributed by atoms with van der Waals surface area (Å²) in [6, 6.07) is 6.43. The van der Waals surface area contributed by atoms with E-state index in [2.05, 4.69) is 15.9 Å². The van der Waals surface area contributed by atoms with Crippen LogP contribution in [0.5, 0.6) is 0 Å². The Bertz CT molecular complexity index is 558. The normalized spacial score (nSPS) is 22.4. The summed E-state index contributed by atoms with van der Waals surface area (Å²) in [5.74, 6) is -1.51. The summed E-state index contributed by atoms with van der Waals surface area (Å²) in [5, 5.41) is 18.6. The number of β-amino-alcohol motifs (C(OH)–C–C–N with tert-alkyl or cyclic N) is 1. The number of rotatable bonds is 3. The molecule has 5 nitrogen and oxygen atoms in total. The predicted octanol–water partition coefficient (Wildman–Crippen LogP) is 1.51. The number of carboxylic acid groups (broad SMARTS) is 1. The molecule has 2 rings (SSSR count). The monoisotopic (exact) mass is 339 g/mol. The van der Waals surface area contributed by atoms with Gasteiger partial charge in [0.1, 0.15) is 6.04 Å². The number of hydrogen-bond acceptors (Lipinski definition) is 3. The largest absolute Gasteiger partial charge is 0.480 e. The van der Waals surface area contributed by atoms with E-state index in [0.29, 0.717) is 0 Å². The molecule has 20 heavy (non-hydrogen) atoms. The Morgan fingerprint density at radius 3 is 2.70 bits per heavy atom. The maximum absolute atomic E-state index is 12.0. The highest BCUT2D eigenvalue weighted by atomic mass is 79.9. The summed E-state index contributed by atoms with van der Waals surface area (Å²) in [5.41, 5.74) is 0.826. The van der Waals surface area contributed by atoms with Gasteiger partial charge in [0.15, 0.2) is 0 Å². The third kappa shape index (κ3) is 3.26. The molecular formula is C14H14BrNO4. The van der Waals surface area contributed by atoms with Crippen molar-refractivity contribution in [1.82, 2.24) is 4.90 Å². The summed E-state index contributed by atoms with van der Waals surface area (Å²) in [6.45, 7) is 0.0517. The average Bonchev–Trinajstić information content (AvgIpc) is 2.80. The number of carbonyl (C=O) groups is 2. The van der Waals surface area contributed by atoms with Crippen molar-refractivity contribution < 1.29 is 19.8 Å². The molecule has 1 fully saturated rings. The minimum absolute atomic E-state index is 0.0517. The van der Waals surface area contributed by atoms with Crippen molar-refractivity contribution >= 4 is 33.9 Å². The van der Waals surface area contributed by atoms with E-state index >= 15 is 0 Å². The van der Waals surface area contributed by atoms with Crippen LogP contribution in [-0.2, 0) is 9.59 Å². The van der Waals surface area contributed by atoms with E-state index in [4.69, 9.17) is 5.11 Å². The molecule has 1 heterocycles. The number of halogens is 1. The lowest BCUT2D eigenvalue weighted by atomic mass is 10.2. The van der Waals surface area contributed by atoms with Crippen molar-refractivity contribution in [2.45, 2.75) is 18.6 Å². The van der Waals surface area contributed by atoms with E-state index in [9.17, 15) is 14.7 Å². The number of aliphatic hydroxyl groups is 1. The van der Waals surface area contributed by atoms with Gasteiger partial charge in [0.2, 0.25) is 5.91 Å². The second-order valence-corrected chi connectivity index (χ2v) is 5.44. The Balaban J connectivity index is 2.12. The number of carboxylic acids is 1. The number of carbonyl (C=O) groups excluding carboxylic acids is 1. The maximum atomic E-state index is 12.0. The van der Waals surface area contributed by atoms with Crippen LogP contribution in [-0.4, -0.2) is 45.7 Å². The number of nitrogens with zero attached hydrogens (tertiary/aromatic N) is 1. The van der Waals surface area contributed by atoms with Crippen molar-refractivity contribution in [3.05, 3.63) is 40.4 Å². The third-order valence-corrected chi connectivity index (χ3v) is 3.88. The molecule has 1 aromatic rings. The fourth-order valence-corrected chi connectivity index (χ4v) is 2.58. The van der Waals surface area contributed by atoms with Crippen LogP contribution in [0.25, 0.3) is 6.08 Å². The molecule has 0 saturated carbocycles. The zero-order chi connectivity index (χ0) is 14.7. The summed E-state index contributed by atoms with van der Waals surface area (Å²) in [6.07, 6.45) is 2.24. The first-order valence-corrected chi connectivity index (χ1v) is 6.92. The topological polar surface area (TPSA) is 77.8 Å². The van der Waals surface area contributed by atoms with Crippen LogP contribution in [0.2, 0.25) is 0 Å². The molecular weight excluding hydrogens is 326 g/mol. The predicted molar refractivity (Wildman–Crippen MR) is 76.9 cm³/mol. The molecule has 6 heteroatoms. The van der Waals surface area contributed by atoms with Crippen LogP contribution in [0.1, 0.15) is 12.0 Å². The molecule has 1 aliphatic rings. The molecule has 1 aromatic carbocycles. The third-order valence-electron chi connectivity index (χ3n) is 3.16. The molecule has 0 aromatic heterocycles. The SMILES string of the molecule is O=C(O)[C@H]1C[C@@H](O)CN1C(=O)C=Cc1ccccc1Br. The van der Waals surface area contributed by atoms with Crippen LogP contribution in [0.3, 0.4) is 0 Å². The van der Waals surface area contributed by atoms with Crippen LogP contribution in [0.4, 0.5) is 0 Å². The molecule has 0 spiro atoms. The highest BCUT2D eigenvalue weighted by molar-refractivity contribution is 9.10. The lowest BCUT2D eigenvalue weighted by Gasteiger charge is -2.19. The van der Waals surface area contributed by atoms with E-state index in [1.165, 1.54) is 11.0 Å². The van der Waals surface area contributed by atoms with Gasteiger partial charge >= 0.3 is 5.97 Å². The van der Waals surface area contributed by atoms with Gasteiger partial charge in [-0.15, -0.1) is 0 Å². The second kappa shape index (κ2) is 6.19. The summed E-state index contributed by atoms with van der Waals surface area (Å²) in [4.78, 5) is 24.3. The molecule has 106 valence electrons. The number of likely N-dealkylation sites (tertiary alicyclic amines) is 1. The number of aliphatic hydroxyl groups excluding tert-OH is 1. The lowest BCUT2D eigenvalue weighted by Crippen LogP contribution is -2.39. The number of aliphatic carboxylic acids is 1. The zero-order valence-electron chi connectivity index (χ0n) is 10.6. The van der Waals surface area contributed by atoms with Gasteiger partial charge in [-0.1, -0.05) is 34.1 Å². The fraction of sp³-hybridized carbons (Fsp3) is 0.286. The first kappa shape index (κ1) is 14.7. The van der Waals surface area contributed by atoms with Gasteiger partial charge in [-0.25, -0.2) is 4.79 Å². The highest BCUT2D eigenvalue weighted by Crippen LogP contribution is 2.20. The number of hydrogen-bond donors (Lipinski definition) is 2. The Labute approximate surface area is 124 Å². The van der Waals surface area contributed by atoms with Gasteiger partial charge < -0.3 is 15.1 Å². The molecule has 0 radical (unpaired) electrons. The number of amides is 1. The number of benzene rings is 1. The first-order chi connectivity index (χ1) is 9.49. The Morgan fingerprint density at radius 1 is 1.35 bits per heavy atom. The van der Waals surface area contributed by atoms with Gasteiger partial charge in [0.25, 0.3) is 0 Å². The molecule has 0 unspecified atom stereocenters. The summed E-state index contributed by atoms with van der Waals surface area (Å²) >= 11 is 3.36. The molecule has 0 aliphatic carbocycles. The van der Waals surface area contributed by atoms with E-state index in [1.807, 2.05) is 24.3 Å². The minimum atomic E-state index is -1.09. The van der Waals surface area contributed by atoms with E-state index in [-0.39, 0.29) is 13.0 Å². The second-order valence-electron chi connectivity index (χ2n) is 4.59. The molecule has 1 saturated heterocycles. The Hall–Kier alpha value is -1.66. The van der Waals surface area contributed by atoms with Gasteiger partial charge in [-0.3, -0.25) is 4.79 Å². The summed E-state index contributed by atoms with van der Waals surface area (Å²) < 4.78 is 0.847. The van der Waals surface area contributed by atoms with Crippen molar-refractivity contribution in [2.24, 2.45) is 0 Å². The standard InChI is InChI=1S/C14H14BrNO4/c15-11-4-2-1-3-9(11)5-6-13(18)16-8-10(17)7-12(16)14(19)20/h1-6,10,12,17H,7-8H2,(H,19,20)/t10-,12-/m1/s1. The van der Waals surface area contributed by atoms with E-state index in [0.717, 1.165) is 10.0 Å². The maximum Gasteiger partial charge on any atom is 0.326 e. The Morgan fingerprint density at radius 2 is 2.05 bits per heavy atom. The van der Waals surface area contributed by atoms with Crippen molar-refractivity contribution in [3.63, 3.8) is 0 Å². The van der Waals surface area contributed by atoms with Crippen LogP contribution < -0.4 is 0 Å². The van der Waals surface area contributed by atoms with Crippen molar-refractivity contribution in [1.29, 1.82) is 0 Å². The minimum Gasteiger partial charge on any atom is -0.480 e. The van der Waals surface area contributed by atoms with Crippen LogP contribution in [0.15, 0.2) is 34.8 Å². The quantitative estimate of drug-likeness (QED) is 0.818. The first-order valence-electron chi connectivity index (χ1n) is 6.13. The van der Waals surface area contributed by atoms with Crippen LogP contribution in [0, 0.1) is 0 Å². The zero-order valence-corrected chi connectivity index (χ0v) is 12.2. The van der Waals surface area contributed by atoms with Crippen molar-refractivity contribution in [3.8, 4) is 0 Å². The van der Waals surface area contributed by atoms with Gasteiger partial charge in [0, 0.05) is 23.5 Å². The Kier molecular flexibility index (Phi) is 4.57. The summed E-state index contributed by atoms with van der Waals surface area (Å²) in [7, 11) is 0. The van der Waals surface area contributed by atoms with Crippen molar-refractivity contribution in [2.75, 3.05) is 6.54 Å². The van der Waals surface area contributed by atoms with E-state index < -0.39 is 24.0 Å². The average molecular weight is 340 g/mol. The molecule has 1 amide bonds. The molecule has 2 atom stereocenters. The van der Waals surface area contributed by atoms with Gasteiger partial charge in [-0.2, -0.15) is 0 Å².